The van der Waals surface area contributed by atoms with Gasteiger partial charge in [-0.05, 0) is 23.6 Å². The van der Waals surface area contributed by atoms with Crippen molar-refractivity contribution in [1.82, 2.24) is 0 Å². The third kappa shape index (κ3) is 4.09. The first-order valence-corrected chi connectivity index (χ1v) is 6.37. The van der Waals surface area contributed by atoms with Gasteiger partial charge >= 0.3 is 5.97 Å². The van der Waals surface area contributed by atoms with Crippen LogP contribution in [0.2, 0.25) is 0 Å². The van der Waals surface area contributed by atoms with Crippen molar-refractivity contribution in [2.75, 3.05) is 7.11 Å². The smallest absolute Gasteiger partial charge is 0.307 e. The Bertz CT molecular complexity index is 634. The third-order valence-electron chi connectivity index (χ3n) is 3.01. The summed E-state index contributed by atoms with van der Waals surface area (Å²) in [5, 5.41) is 27.1. The summed E-state index contributed by atoms with van der Waals surface area (Å²) in [7, 11) is 1.43. The number of ether oxygens (including phenoxy) is 1. The molecule has 0 aromatic heterocycles. The maximum atomic E-state index is 11.0. The lowest BCUT2D eigenvalue weighted by molar-refractivity contribution is -0.136. The van der Waals surface area contributed by atoms with Crippen LogP contribution in [0.25, 0.3) is 0 Å². The van der Waals surface area contributed by atoms with Crippen LogP contribution in [0.1, 0.15) is 20.3 Å². The van der Waals surface area contributed by atoms with Gasteiger partial charge in [0.15, 0.2) is 0 Å². The molecular formula is C16H16N2O3. The van der Waals surface area contributed by atoms with Crippen LogP contribution in [0.3, 0.4) is 0 Å². The Morgan fingerprint density at radius 3 is 2.33 bits per heavy atom. The number of carboxylic acid groups (broad SMARTS) is 1. The van der Waals surface area contributed by atoms with Gasteiger partial charge in [-0.25, -0.2) is 0 Å². The lowest BCUT2D eigenvalue weighted by atomic mass is 9.98. The molecule has 108 valence electrons. The predicted octanol–water partition coefficient (Wildman–Crippen LogP) is 2.86. The van der Waals surface area contributed by atoms with Gasteiger partial charge in [-0.2, -0.15) is 10.5 Å². The number of rotatable bonds is 4. The summed E-state index contributed by atoms with van der Waals surface area (Å²) in [6, 6.07) is 3.69. The number of aliphatic carboxylic acids is 1. The molecule has 0 radical (unpaired) electrons. The van der Waals surface area contributed by atoms with E-state index in [0.29, 0.717) is 16.9 Å². The number of nitrogens with zero attached hydrogens (tertiary/aromatic N) is 2. The summed E-state index contributed by atoms with van der Waals surface area (Å²) >= 11 is 0. The fourth-order valence-electron chi connectivity index (χ4n) is 1.89. The van der Waals surface area contributed by atoms with E-state index in [0.717, 1.165) is 5.57 Å². The van der Waals surface area contributed by atoms with Gasteiger partial charge in [-0.3, -0.25) is 4.79 Å². The number of nitriles is 2. The molecule has 0 aromatic carbocycles. The van der Waals surface area contributed by atoms with E-state index in [1.165, 1.54) is 13.2 Å². The first-order valence-electron chi connectivity index (χ1n) is 6.37. The number of allylic oxidation sites excluding steroid dienone is 7. The maximum absolute atomic E-state index is 11.0. The summed E-state index contributed by atoms with van der Waals surface area (Å²) in [4.78, 5) is 11.0. The lowest BCUT2D eigenvalue weighted by Crippen LogP contribution is -2.02. The number of carboxylic acids is 1. The molecule has 1 N–H and O–H groups in total. The predicted molar refractivity (Wildman–Crippen MR) is 76.6 cm³/mol. The highest BCUT2D eigenvalue weighted by Crippen LogP contribution is 2.28. The molecule has 0 aliphatic heterocycles. The van der Waals surface area contributed by atoms with Crippen LogP contribution in [-0.2, 0) is 9.53 Å². The van der Waals surface area contributed by atoms with Gasteiger partial charge in [0.05, 0.1) is 13.5 Å². The maximum Gasteiger partial charge on any atom is 0.307 e. The van der Waals surface area contributed by atoms with Gasteiger partial charge in [0.2, 0.25) is 0 Å². The summed E-state index contributed by atoms with van der Waals surface area (Å²) in [5.74, 6) is -0.505. The molecule has 0 unspecified atom stereocenters. The van der Waals surface area contributed by atoms with Crippen molar-refractivity contribution >= 4 is 5.97 Å². The molecule has 0 aromatic rings. The Morgan fingerprint density at radius 2 is 1.90 bits per heavy atom. The van der Waals surface area contributed by atoms with Crippen molar-refractivity contribution in [2.45, 2.75) is 20.3 Å². The molecule has 0 saturated heterocycles. The Morgan fingerprint density at radius 1 is 1.29 bits per heavy atom. The van der Waals surface area contributed by atoms with E-state index in [-0.39, 0.29) is 17.9 Å². The topological polar surface area (TPSA) is 94.1 Å². The summed E-state index contributed by atoms with van der Waals surface area (Å²) < 4.78 is 5.23. The van der Waals surface area contributed by atoms with E-state index in [1.807, 2.05) is 26.0 Å². The number of hydrogen-bond acceptors (Lipinski definition) is 4. The average molecular weight is 284 g/mol. The van der Waals surface area contributed by atoms with E-state index in [2.05, 4.69) is 0 Å². The summed E-state index contributed by atoms with van der Waals surface area (Å²) in [5.41, 5.74) is 1.74. The van der Waals surface area contributed by atoms with Crippen LogP contribution in [0.15, 0.2) is 46.3 Å². The van der Waals surface area contributed by atoms with Gasteiger partial charge in [0.1, 0.15) is 23.5 Å². The van der Waals surface area contributed by atoms with Crippen LogP contribution in [-0.4, -0.2) is 18.2 Å². The molecule has 0 saturated carbocycles. The molecule has 0 heterocycles. The van der Waals surface area contributed by atoms with Crippen molar-refractivity contribution in [1.29, 1.82) is 10.5 Å². The standard InChI is InChI=1S/C16H16N2O3/c1-10(2)11-4-12(14(8-17)9-18)6-15(21-3)13(5-11)7-16(19)20/h4-6,10H,7H2,1-3H3,(H,19,20). The normalized spacial score (nSPS) is 14.2. The monoisotopic (exact) mass is 284 g/mol. The van der Waals surface area contributed by atoms with E-state index in [4.69, 9.17) is 20.4 Å². The van der Waals surface area contributed by atoms with Crippen molar-refractivity contribution in [3.05, 3.63) is 46.3 Å². The Hall–Kier alpha value is -2.79. The zero-order valence-corrected chi connectivity index (χ0v) is 12.2. The second kappa shape index (κ2) is 7.12. The minimum Gasteiger partial charge on any atom is -0.496 e. The minimum absolute atomic E-state index is 0.0346. The van der Waals surface area contributed by atoms with Crippen LogP contribution in [0.5, 0.6) is 0 Å². The summed E-state index contributed by atoms with van der Waals surface area (Å²) in [6.45, 7) is 3.91. The van der Waals surface area contributed by atoms with Crippen LogP contribution >= 0.6 is 0 Å². The van der Waals surface area contributed by atoms with Gasteiger partial charge in [-0.15, -0.1) is 0 Å². The van der Waals surface area contributed by atoms with Gasteiger partial charge in [0.25, 0.3) is 0 Å². The molecule has 0 bridgehead atoms. The zero-order valence-electron chi connectivity index (χ0n) is 12.2. The fourth-order valence-corrected chi connectivity index (χ4v) is 1.89. The molecule has 1 aliphatic carbocycles. The lowest BCUT2D eigenvalue weighted by Gasteiger charge is -2.10. The molecule has 0 fully saturated rings. The molecular weight excluding hydrogens is 268 g/mol. The van der Waals surface area contributed by atoms with Crippen molar-refractivity contribution in [2.24, 2.45) is 5.92 Å². The van der Waals surface area contributed by atoms with Crippen LogP contribution in [0, 0.1) is 28.6 Å². The number of hydrogen-bond donors (Lipinski definition) is 1. The highest BCUT2D eigenvalue weighted by Gasteiger charge is 2.17. The number of carbonyl (C=O) groups is 1. The zero-order chi connectivity index (χ0) is 16.0. The van der Waals surface area contributed by atoms with Gasteiger partial charge in [0, 0.05) is 11.1 Å². The van der Waals surface area contributed by atoms with Gasteiger partial charge in [-0.1, -0.05) is 19.9 Å². The Balaban J connectivity index is 3.54. The highest BCUT2D eigenvalue weighted by molar-refractivity contribution is 5.72. The third-order valence-corrected chi connectivity index (χ3v) is 3.01. The highest BCUT2D eigenvalue weighted by atomic mass is 16.5. The van der Waals surface area contributed by atoms with E-state index in [9.17, 15) is 4.79 Å². The first kappa shape index (κ1) is 16.3. The Labute approximate surface area is 123 Å². The largest absolute Gasteiger partial charge is 0.496 e. The van der Waals surface area contributed by atoms with E-state index < -0.39 is 5.97 Å². The SMILES string of the molecule is COC1=CC(=C(C#N)C#N)C=C(C(C)C)C=C1CC(=O)O. The van der Waals surface area contributed by atoms with Crippen molar-refractivity contribution in [3.8, 4) is 12.1 Å². The second-order valence-electron chi connectivity index (χ2n) is 4.81. The van der Waals surface area contributed by atoms with Crippen LogP contribution in [0.4, 0.5) is 0 Å². The van der Waals surface area contributed by atoms with Crippen LogP contribution < -0.4 is 0 Å². The quantitative estimate of drug-likeness (QED) is 0.801. The van der Waals surface area contributed by atoms with Crippen molar-refractivity contribution < 1.29 is 14.6 Å². The van der Waals surface area contributed by atoms with E-state index in [1.54, 1.807) is 12.2 Å². The average Bonchev–Trinajstić information content (AvgIpc) is 2.59. The Kier molecular flexibility index (Phi) is 5.51. The molecule has 0 amide bonds. The van der Waals surface area contributed by atoms with Gasteiger partial charge < -0.3 is 9.84 Å². The number of methoxy groups -OCH3 is 1. The molecule has 0 spiro atoms. The molecule has 1 aliphatic rings. The summed E-state index contributed by atoms with van der Waals surface area (Å²) in [6.07, 6.45) is 4.81. The molecule has 1 rings (SSSR count). The second-order valence-corrected chi connectivity index (χ2v) is 4.81. The molecule has 21 heavy (non-hydrogen) atoms. The first-order chi connectivity index (χ1) is 9.92. The molecule has 5 heteroatoms. The van der Waals surface area contributed by atoms with E-state index >= 15 is 0 Å². The van der Waals surface area contributed by atoms with Crippen molar-refractivity contribution in [3.63, 3.8) is 0 Å². The molecule has 5 nitrogen and oxygen atoms in total. The molecule has 0 atom stereocenters. The fraction of sp³-hybridized carbons (Fsp3) is 0.312. The minimum atomic E-state index is -0.972.